The highest BCUT2D eigenvalue weighted by atomic mass is 16.2. The molecule has 2 amide bonds. The number of carbonyl (C=O) groups excluding carboxylic acids is 2. The molecular weight excluding hydrogens is 366 g/mol. The number of aliphatic imine (C=N–C) groups is 1. The fourth-order valence-corrected chi connectivity index (χ4v) is 4.03. The molecule has 7 nitrogen and oxygen atoms in total. The molecule has 1 aromatic rings. The number of hydrogen-bond acceptors (Lipinski definition) is 4. The first kappa shape index (κ1) is 21.3. The molecular formula is C22H33N5O2. The van der Waals surface area contributed by atoms with Gasteiger partial charge in [-0.15, -0.1) is 0 Å². The van der Waals surface area contributed by atoms with E-state index in [0.29, 0.717) is 38.4 Å². The summed E-state index contributed by atoms with van der Waals surface area (Å²) >= 11 is 0. The number of nitrogens with zero attached hydrogens (tertiary/aromatic N) is 3. The van der Waals surface area contributed by atoms with Crippen molar-refractivity contribution >= 4 is 17.8 Å². The number of rotatable bonds is 6. The zero-order valence-corrected chi connectivity index (χ0v) is 17.6. The highest BCUT2D eigenvalue weighted by molar-refractivity contribution is 5.97. The highest BCUT2D eigenvalue weighted by Crippen LogP contribution is 2.15. The largest absolute Gasteiger partial charge is 0.355 e. The van der Waals surface area contributed by atoms with E-state index < -0.39 is 0 Å². The quantitative estimate of drug-likeness (QED) is 0.432. The van der Waals surface area contributed by atoms with E-state index in [4.69, 9.17) is 0 Å². The monoisotopic (exact) mass is 399 g/mol. The van der Waals surface area contributed by atoms with Crippen LogP contribution in [0.5, 0.6) is 0 Å². The van der Waals surface area contributed by atoms with Crippen molar-refractivity contribution in [2.45, 2.75) is 51.6 Å². The zero-order valence-electron chi connectivity index (χ0n) is 17.6. The lowest BCUT2D eigenvalue weighted by Gasteiger charge is -2.33. The molecule has 0 spiro atoms. The number of piperidine rings is 2. The van der Waals surface area contributed by atoms with Crippen LogP contribution in [-0.2, 0) is 16.1 Å². The van der Waals surface area contributed by atoms with Gasteiger partial charge in [0.15, 0.2) is 5.96 Å². The van der Waals surface area contributed by atoms with Crippen LogP contribution in [0, 0.1) is 6.92 Å². The molecule has 7 heteroatoms. The SMILES string of the molecule is CN=C(NCCN1C(=O)CCCC1=O)NC1CCN(Cc2cccc(C)c2)CC1. The molecule has 0 aromatic heterocycles. The lowest BCUT2D eigenvalue weighted by Crippen LogP contribution is -2.50. The van der Waals surface area contributed by atoms with Gasteiger partial charge >= 0.3 is 0 Å². The maximum absolute atomic E-state index is 11.9. The number of amides is 2. The average molecular weight is 400 g/mol. The van der Waals surface area contributed by atoms with E-state index in [2.05, 4.69) is 51.7 Å². The minimum absolute atomic E-state index is 0.0630. The second-order valence-electron chi connectivity index (χ2n) is 7.98. The lowest BCUT2D eigenvalue weighted by molar-refractivity contribution is -0.147. The lowest BCUT2D eigenvalue weighted by atomic mass is 10.0. The summed E-state index contributed by atoms with van der Waals surface area (Å²) in [5, 5.41) is 6.72. The van der Waals surface area contributed by atoms with E-state index in [9.17, 15) is 9.59 Å². The molecule has 0 radical (unpaired) electrons. The Kier molecular flexibility index (Phi) is 7.63. The molecule has 2 aliphatic rings. The Bertz CT molecular complexity index is 724. The number of imide groups is 1. The van der Waals surface area contributed by atoms with Gasteiger partial charge in [0.25, 0.3) is 0 Å². The molecule has 0 aliphatic carbocycles. The van der Waals surface area contributed by atoms with Gasteiger partial charge < -0.3 is 10.6 Å². The third-order valence-corrected chi connectivity index (χ3v) is 5.65. The summed E-state index contributed by atoms with van der Waals surface area (Å²) in [4.78, 5) is 31.9. The minimum Gasteiger partial charge on any atom is -0.355 e. The van der Waals surface area contributed by atoms with Gasteiger partial charge in [-0.2, -0.15) is 0 Å². The summed E-state index contributed by atoms with van der Waals surface area (Å²) in [6, 6.07) is 9.09. The van der Waals surface area contributed by atoms with Crippen LogP contribution < -0.4 is 10.6 Å². The van der Waals surface area contributed by atoms with Gasteiger partial charge in [0.05, 0.1) is 0 Å². The first-order chi connectivity index (χ1) is 14.0. The van der Waals surface area contributed by atoms with Crippen LogP contribution in [0.1, 0.15) is 43.2 Å². The van der Waals surface area contributed by atoms with Gasteiger partial charge in [0.2, 0.25) is 11.8 Å². The van der Waals surface area contributed by atoms with Crippen molar-refractivity contribution in [2.24, 2.45) is 4.99 Å². The number of guanidine groups is 1. The van der Waals surface area contributed by atoms with Crippen molar-refractivity contribution in [1.29, 1.82) is 0 Å². The third kappa shape index (κ3) is 6.29. The van der Waals surface area contributed by atoms with Crippen molar-refractivity contribution in [1.82, 2.24) is 20.4 Å². The summed E-state index contributed by atoms with van der Waals surface area (Å²) in [5.74, 6) is 0.609. The van der Waals surface area contributed by atoms with Crippen LogP contribution in [-0.4, -0.2) is 66.8 Å². The third-order valence-electron chi connectivity index (χ3n) is 5.65. The van der Waals surface area contributed by atoms with Crippen LogP contribution in [0.25, 0.3) is 0 Å². The van der Waals surface area contributed by atoms with E-state index >= 15 is 0 Å². The van der Waals surface area contributed by atoms with Gasteiger partial charge in [-0.1, -0.05) is 29.8 Å². The number of nitrogens with one attached hydrogen (secondary N) is 2. The van der Waals surface area contributed by atoms with Gasteiger partial charge in [-0.3, -0.25) is 24.4 Å². The van der Waals surface area contributed by atoms with E-state index in [-0.39, 0.29) is 11.8 Å². The van der Waals surface area contributed by atoms with Crippen molar-refractivity contribution in [3.8, 4) is 0 Å². The van der Waals surface area contributed by atoms with Crippen molar-refractivity contribution < 1.29 is 9.59 Å². The number of hydrogen-bond donors (Lipinski definition) is 2. The smallest absolute Gasteiger partial charge is 0.229 e. The maximum Gasteiger partial charge on any atom is 0.229 e. The van der Waals surface area contributed by atoms with Gasteiger partial charge in [0, 0.05) is 58.7 Å². The molecule has 2 N–H and O–H groups in total. The Hall–Kier alpha value is -2.41. The molecule has 0 atom stereocenters. The fraction of sp³-hybridized carbons (Fsp3) is 0.591. The molecule has 0 unspecified atom stereocenters. The van der Waals surface area contributed by atoms with E-state index in [1.165, 1.54) is 16.0 Å². The van der Waals surface area contributed by atoms with E-state index in [1.807, 2.05) is 0 Å². The number of carbonyl (C=O) groups is 2. The normalized spacial score (nSPS) is 19.5. The molecule has 2 fully saturated rings. The summed E-state index contributed by atoms with van der Waals surface area (Å²) in [7, 11) is 1.75. The topological polar surface area (TPSA) is 77.0 Å². The highest BCUT2D eigenvalue weighted by Gasteiger charge is 2.25. The Balaban J connectivity index is 1.38. The van der Waals surface area contributed by atoms with Crippen LogP contribution in [0.2, 0.25) is 0 Å². The van der Waals surface area contributed by atoms with Crippen LogP contribution in [0.15, 0.2) is 29.3 Å². The Labute approximate surface area is 173 Å². The number of likely N-dealkylation sites (tertiary alicyclic amines) is 2. The predicted molar refractivity (Wildman–Crippen MR) is 115 cm³/mol. The van der Waals surface area contributed by atoms with Crippen LogP contribution in [0.3, 0.4) is 0 Å². The standard InChI is InChI=1S/C22H33N5O2/c1-17-5-3-6-18(15-17)16-26-12-9-19(10-13-26)25-22(23-2)24-11-14-27-20(28)7-4-8-21(27)29/h3,5-6,15,19H,4,7-14,16H2,1-2H3,(H2,23,24,25). The second kappa shape index (κ2) is 10.4. The maximum atomic E-state index is 11.9. The predicted octanol–water partition coefficient (Wildman–Crippen LogP) is 1.66. The Morgan fingerprint density at radius 1 is 1.17 bits per heavy atom. The summed E-state index contributed by atoms with van der Waals surface area (Å²) in [6.07, 6.45) is 3.75. The molecule has 3 rings (SSSR count). The van der Waals surface area contributed by atoms with Gasteiger partial charge in [-0.05, 0) is 31.7 Å². The van der Waals surface area contributed by atoms with Gasteiger partial charge in [0.1, 0.15) is 0 Å². The van der Waals surface area contributed by atoms with Crippen molar-refractivity contribution in [3.63, 3.8) is 0 Å². The minimum atomic E-state index is -0.0630. The Morgan fingerprint density at radius 2 is 1.90 bits per heavy atom. The zero-order chi connectivity index (χ0) is 20.6. The first-order valence-electron chi connectivity index (χ1n) is 10.6. The van der Waals surface area contributed by atoms with Crippen molar-refractivity contribution in [3.05, 3.63) is 35.4 Å². The molecule has 2 aliphatic heterocycles. The first-order valence-corrected chi connectivity index (χ1v) is 10.6. The Morgan fingerprint density at radius 3 is 2.55 bits per heavy atom. The van der Waals surface area contributed by atoms with E-state index in [0.717, 1.165) is 38.4 Å². The molecule has 0 bridgehead atoms. The van der Waals surface area contributed by atoms with Crippen LogP contribution in [0.4, 0.5) is 0 Å². The molecule has 29 heavy (non-hydrogen) atoms. The summed E-state index contributed by atoms with van der Waals surface area (Å²) in [6.45, 7) is 6.16. The summed E-state index contributed by atoms with van der Waals surface area (Å²) in [5.41, 5.74) is 2.68. The number of aryl methyl sites for hydroxylation is 1. The average Bonchev–Trinajstić information content (AvgIpc) is 2.70. The molecule has 2 saturated heterocycles. The molecule has 158 valence electrons. The number of benzene rings is 1. The molecule has 1 aromatic carbocycles. The second-order valence-corrected chi connectivity index (χ2v) is 7.98. The molecule has 2 heterocycles. The molecule has 0 saturated carbocycles. The fourth-order valence-electron chi connectivity index (χ4n) is 4.03. The van der Waals surface area contributed by atoms with Crippen LogP contribution >= 0.6 is 0 Å². The van der Waals surface area contributed by atoms with Crippen molar-refractivity contribution in [2.75, 3.05) is 33.2 Å². The van der Waals surface area contributed by atoms with Gasteiger partial charge in [-0.25, -0.2) is 0 Å². The van der Waals surface area contributed by atoms with E-state index in [1.54, 1.807) is 7.05 Å². The summed E-state index contributed by atoms with van der Waals surface area (Å²) < 4.78 is 0.